The predicted octanol–water partition coefficient (Wildman–Crippen LogP) is 0.400. The van der Waals surface area contributed by atoms with Crippen LogP contribution in [-0.2, 0) is 4.79 Å². The van der Waals surface area contributed by atoms with E-state index in [1.165, 1.54) is 39.0 Å². The van der Waals surface area contributed by atoms with Gasteiger partial charge in [0.2, 0.25) is 5.91 Å². The second-order valence-electron chi connectivity index (χ2n) is 6.44. The molecule has 5 heteroatoms. The van der Waals surface area contributed by atoms with Gasteiger partial charge in [0.05, 0.1) is 5.54 Å². The Kier molecular flexibility index (Phi) is 5.41. The third-order valence-corrected chi connectivity index (χ3v) is 4.73. The predicted molar refractivity (Wildman–Crippen MR) is 81.5 cm³/mol. The van der Waals surface area contributed by atoms with Crippen molar-refractivity contribution in [2.75, 3.05) is 39.3 Å². The summed E-state index contributed by atoms with van der Waals surface area (Å²) in [5.41, 5.74) is 4.96. The van der Waals surface area contributed by atoms with Crippen molar-refractivity contribution in [1.29, 1.82) is 0 Å². The maximum absolute atomic E-state index is 11.6. The molecule has 1 saturated heterocycles. The molecule has 2 rings (SSSR count). The lowest BCUT2D eigenvalue weighted by Gasteiger charge is -2.35. The van der Waals surface area contributed by atoms with E-state index in [0.29, 0.717) is 0 Å². The third kappa shape index (κ3) is 4.17. The number of carbonyl (C=O) groups excluding carboxylic acids is 1. The number of nitrogens with one attached hydrogen (secondary N) is 1. The van der Waals surface area contributed by atoms with E-state index < -0.39 is 5.54 Å². The summed E-state index contributed by atoms with van der Waals surface area (Å²) in [4.78, 5) is 16.7. The molecule has 1 amide bonds. The molecule has 1 aliphatic heterocycles. The fraction of sp³-hybridized carbons (Fsp3) is 0.933. The number of nitrogens with zero attached hydrogens (tertiary/aromatic N) is 2. The normalized spacial score (nSPS) is 24.5. The number of likely N-dealkylation sites (N-methyl/N-ethyl adjacent to an activating group) is 1. The average molecular weight is 282 g/mol. The van der Waals surface area contributed by atoms with E-state index in [1.807, 2.05) is 13.8 Å². The Bertz CT molecular complexity index is 324. The topological polar surface area (TPSA) is 61.6 Å². The molecule has 1 atom stereocenters. The molecule has 1 unspecified atom stereocenters. The lowest BCUT2D eigenvalue weighted by atomic mass is 9.94. The Balaban J connectivity index is 1.66. The van der Waals surface area contributed by atoms with Gasteiger partial charge in [-0.2, -0.15) is 0 Å². The summed E-state index contributed by atoms with van der Waals surface area (Å²) in [5.74, 6) is -0.238. The average Bonchev–Trinajstić information content (AvgIpc) is 3.24. The first kappa shape index (κ1) is 15.7. The first-order chi connectivity index (χ1) is 9.55. The first-order valence-corrected chi connectivity index (χ1v) is 8.06. The molecule has 0 spiro atoms. The van der Waals surface area contributed by atoms with E-state index in [9.17, 15) is 4.79 Å². The molecule has 1 heterocycles. The zero-order chi connectivity index (χ0) is 14.6. The van der Waals surface area contributed by atoms with E-state index in [-0.39, 0.29) is 5.91 Å². The maximum Gasteiger partial charge on any atom is 0.237 e. The molecule has 0 aromatic carbocycles. The van der Waals surface area contributed by atoms with E-state index in [4.69, 9.17) is 5.73 Å². The number of rotatable bonds is 8. The minimum atomic E-state index is -0.551. The summed E-state index contributed by atoms with van der Waals surface area (Å²) in [6, 6.07) is 0.893. The number of amides is 1. The molecular weight excluding hydrogens is 252 g/mol. The molecular formula is C15H30N4O. The summed E-state index contributed by atoms with van der Waals surface area (Å²) < 4.78 is 0. The van der Waals surface area contributed by atoms with Crippen LogP contribution in [0, 0.1) is 0 Å². The van der Waals surface area contributed by atoms with Crippen molar-refractivity contribution >= 4 is 5.91 Å². The van der Waals surface area contributed by atoms with E-state index >= 15 is 0 Å². The lowest BCUT2D eigenvalue weighted by Crippen LogP contribution is -2.53. The van der Waals surface area contributed by atoms with Crippen LogP contribution >= 0.6 is 0 Å². The summed E-state index contributed by atoms with van der Waals surface area (Å²) in [6.07, 6.45) is 4.65. The lowest BCUT2D eigenvalue weighted by molar-refractivity contribution is -0.124. The minimum Gasteiger partial charge on any atom is -0.368 e. The second kappa shape index (κ2) is 6.87. The SMILES string of the molecule is CCNC(C)(CCCN1CCN(C2CC2)CC1)C(N)=O. The highest BCUT2D eigenvalue weighted by Gasteiger charge is 2.32. The van der Waals surface area contributed by atoms with Gasteiger partial charge in [0, 0.05) is 32.2 Å². The third-order valence-electron chi connectivity index (χ3n) is 4.73. The van der Waals surface area contributed by atoms with Gasteiger partial charge in [-0.3, -0.25) is 9.69 Å². The molecule has 1 aliphatic carbocycles. The molecule has 20 heavy (non-hydrogen) atoms. The zero-order valence-corrected chi connectivity index (χ0v) is 13.0. The first-order valence-electron chi connectivity index (χ1n) is 8.06. The highest BCUT2D eigenvalue weighted by Crippen LogP contribution is 2.27. The van der Waals surface area contributed by atoms with Gasteiger partial charge in [0.25, 0.3) is 0 Å². The van der Waals surface area contributed by atoms with Gasteiger partial charge in [-0.15, -0.1) is 0 Å². The molecule has 2 fully saturated rings. The van der Waals surface area contributed by atoms with E-state index in [0.717, 1.165) is 32.0 Å². The van der Waals surface area contributed by atoms with Crippen LogP contribution in [-0.4, -0.2) is 66.6 Å². The highest BCUT2D eigenvalue weighted by molar-refractivity contribution is 5.84. The quantitative estimate of drug-likeness (QED) is 0.676. The Hall–Kier alpha value is -0.650. The Morgan fingerprint density at radius 1 is 1.30 bits per heavy atom. The molecule has 0 aromatic rings. The van der Waals surface area contributed by atoms with Gasteiger partial charge in [-0.25, -0.2) is 0 Å². The van der Waals surface area contributed by atoms with Gasteiger partial charge in [0.15, 0.2) is 0 Å². The summed E-state index contributed by atoms with van der Waals surface area (Å²) in [6.45, 7) is 10.6. The van der Waals surface area contributed by atoms with Crippen molar-refractivity contribution < 1.29 is 4.79 Å². The van der Waals surface area contributed by atoms with Gasteiger partial charge in [-0.05, 0) is 45.7 Å². The summed E-state index contributed by atoms with van der Waals surface area (Å²) >= 11 is 0. The van der Waals surface area contributed by atoms with Gasteiger partial charge in [0.1, 0.15) is 0 Å². The van der Waals surface area contributed by atoms with Crippen LogP contribution in [0.25, 0.3) is 0 Å². The van der Waals surface area contributed by atoms with Gasteiger partial charge < -0.3 is 16.0 Å². The van der Waals surface area contributed by atoms with Crippen molar-refractivity contribution in [2.45, 2.75) is 51.1 Å². The van der Waals surface area contributed by atoms with Crippen LogP contribution < -0.4 is 11.1 Å². The molecule has 2 aliphatic rings. The van der Waals surface area contributed by atoms with Crippen molar-refractivity contribution in [3.05, 3.63) is 0 Å². The largest absolute Gasteiger partial charge is 0.368 e. The molecule has 5 nitrogen and oxygen atoms in total. The van der Waals surface area contributed by atoms with E-state index in [2.05, 4.69) is 15.1 Å². The van der Waals surface area contributed by atoms with Crippen molar-refractivity contribution in [2.24, 2.45) is 5.73 Å². The van der Waals surface area contributed by atoms with Crippen molar-refractivity contribution in [3.8, 4) is 0 Å². The Morgan fingerprint density at radius 2 is 1.95 bits per heavy atom. The molecule has 116 valence electrons. The molecule has 1 saturated carbocycles. The number of piperazine rings is 1. The maximum atomic E-state index is 11.6. The minimum absolute atomic E-state index is 0.238. The zero-order valence-electron chi connectivity index (χ0n) is 13.0. The van der Waals surface area contributed by atoms with Gasteiger partial charge >= 0.3 is 0 Å². The molecule has 0 bridgehead atoms. The van der Waals surface area contributed by atoms with Gasteiger partial charge in [-0.1, -0.05) is 6.92 Å². The number of nitrogens with two attached hydrogens (primary N) is 1. The fourth-order valence-corrected chi connectivity index (χ4v) is 3.14. The summed E-state index contributed by atoms with van der Waals surface area (Å²) in [7, 11) is 0. The van der Waals surface area contributed by atoms with Crippen LogP contribution in [0.3, 0.4) is 0 Å². The van der Waals surface area contributed by atoms with Crippen LogP contribution in [0.4, 0.5) is 0 Å². The smallest absolute Gasteiger partial charge is 0.237 e. The molecule has 0 aromatic heterocycles. The van der Waals surface area contributed by atoms with Crippen LogP contribution in [0.2, 0.25) is 0 Å². The van der Waals surface area contributed by atoms with Crippen LogP contribution in [0.5, 0.6) is 0 Å². The van der Waals surface area contributed by atoms with Crippen molar-refractivity contribution in [3.63, 3.8) is 0 Å². The van der Waals surface area contributed by atoms with Crippen molar-refractivity contribution in [1.82, 2.24) is 15.1 Å². The highest BCUT2D eigenvalue weighted by atomic mass is 16.1. The fourth-order valence-electron chi connectivity index (χ4n) is 3.14. The monoisotopic (exact) mass is 282 g/mol. The Morgan fingerprint density at radius 3 is 2.45 bits per heavy atom. The number of hydrogen-bond acceptors (Lipinski definition) is 4. The number of primary amides is 1. The van der Waals surface area contributed by atoms with Crippen LogP contribution in [0.15, 0.2) is 0 Å². The molecule has 3 N–H and O–H groups in total. The van der Waals surface area contributed by atoms with Crippen LogP contribution in [0.1, 0.15) is 39.5 Å². The standard InChI is InChI=1S/C15H30N4O/c1-3-17-15(2,14(16)20)7-4-8-18-9-11-19(12-10-18)13-5-6-13/h13,17H,3-12H2,1-2H3,(H2,16,20). The number of hydrogen-bond donors (Lipinski definition) is 2. The number of carbonyl (C=O) groups is 1. The molecule has 0 radical (unpaired) electrons. The second-order valence-corrected chi connectivity index (χ2v) is 6.44. The summed E-state index contributed by atoms with van der Waals surface area (Å²) in [5, 5.41) is 3.23. The Labute approximate surface area is 122 Å². The van der Waals surface area contributed by atoms with E-state index in [1.54, 1.807) is 0 Å².